The van der Waals surface area contributed by atoms with Crippen LogP contribution in [0.4, 0.5) is 11.4 Å². The average Bonchev–Trinajstić information content (AvgIpc) is 3.57. The van der Waals surface area contributed by atoms with Crippen molar-refractivity contribution in [3.63, 3.8) is 0 Å². The lowest BCUT2D eigenvalue weighted by atomic mass is 9.82. The van der Waals surface area contributed by atoms with Gasteiger partial charge in [-0.2, -0.15) is 0 Å². The third kappa shape index (κ3) is 4.48. The lowest BCUT2D eigenvalue weighted by molar-refractivity contribution is 0.660. The molecule has 0 fully saturated rings. The van der Waals surface area contributed by atoms with E-state index in [0.717, 1.165) is 11.4 Å². The number of benzene rings is 7. The molecule has 47 heavy (non-hydrogen) atoms. The topological polar surface area (TPSA) is 17.0 Å². The number of fused-ring (bicyclic) bond motifs is 6. The van der Waals surface area contributed by atoms with Crippen LogP contribution in [0.5, 0.6) is 0 Å². The Morgan fingerprint density at radius 1 is 0.426 bits per heavy atom. The predicted molar refractivity (Wildman–Crippen MR) is 199 cm³/mol. The number of hydrogen-bond donors (Lipinski definition) is 1. The summed E-state index contributed by atoms with van der Waals surface area (Å²) in [4.78, 5) is 0. The highest BCUT2D eigenvalue weighted by Gasteiger charge is 2.35. The zero-order chi connectivity index (χ0) is 31.5. The number of nitrogens with zero attached hydrogens (tertiary/aromatic N) is 1. The number of rotatable bonds is 5. The predicted octanol–water partition coefficient (Wildman–Crippen LogP) is 12.2. The van der Waals surface area contributed by atoms with Gasteiger partial charge in [-0.1, -0.05) is 129 Å². The molecule has 1 N–H and O–H groups in total. The summed E-state index contributed by atoms with van der Waals surface area (Å²) in [5, 5.41) is 6.20. The van der Waals surface area contributed by atoms with Crippen molar-refractivity contribution in [1.29, 1.82) is 0 Å². The van der Waals surface area contributed by atoms with E-state index in [9.17, 15) is 0 Å². The summed E-state index contributed by atoms with van der Waals surface area (Å²) in [7, 11) is 0. The van der Waals surface area contributed by atoms with E-state index in [1.54, 1.807) is 0 Å². The van der Waals surface area contributed by atoms with Crippen molar-refractivity contribution in [1.82, 2.24) is 4.57 Å². The van der Waals surface area contributed by atoms with Gasteiger partial charge in [0.2, 0.25) is 0 Å². The summed E-state index contributed by atoms with van der Waals surface area (Å²) in [5.41, 5.74) is 16.1. The smallest absolute Gasteiger partial charge is 0.0541 e. The molecule has 8 aromatic rings. The van der Waals surface area contributed by atoms with Gasteiger partial charge in [-0.05, 0) is 93.0 Å². The van der Waals surface area contributed by atoms with Gasteiger partial charge in [-0.15, -0.1) is 0 Å². The van der Waals surface area contributed by atoms with Gasteiger partial charge in [0.15, 0.2) is 0 Å². The molecule has 0 aliphatic heterocycles. The second kappa shape index (κ2) is 10.6. The third-order valence-corrected chi connectivity index (χ3v) is 10.0. The Balaban J connectivity index is 0.931. The van der Waals surface area contributed by atoms with Gasteiger partial charge < -0.3 is 9.88 Å². The highest BCUT2D eigenvalue weighted by Crippen LogP contribution is 2.49. The first-order valence-electron chi connectivity index (χ1n) is 16.4. The van der Waals surface area contributed by atoms with Crippen molar-refractivity contribution in [3.8, 4) is 39.1 Å². The molecular formula is C45H34N2. The van der Waals surface area contributed by atoms with Crippen molar-refractivity contribution >= 4 is 33.2 Å². The second-order valence-corrected chi connectivity index (χ2v) is 13.1. The van der Waals surface area contributed by atoms with E-state index >= 15 is 0 Å². The molecule has 0 bridgehead atoms. The largest absolute Gasteiger partial charge is 0.356 e. The molecule has 0 spiro atoms. The molecular weight excluding hydrogens is 569 g/mol. The molecule has 0 amide bonds. The van der Waals surface area contributed by atoms with Crippen LogP contribution in [-0.2, 0) is 5.41 Å². The fourth-order valence-corrected chi connectivity index (χ4v) is 7.55. The van der Waals surface area contributed by atoms with Crippen LogP contribution in [0, 0.1) is 0 Å². The number of hydrogen-bond acceptors (Lipinski definition) is 1. The molecule has 224 valence electrons. The van der Waals surface area contributed by atoms with E-state index in [1.165, 1.54) is 72.0 Å². The average molecular weight is 603 g/mol. The first-order chi connectivity index (χ1) is 23.0. The van der Waals surface area contributed by atoms with E-state index in [1.807, 2.05) is 0 Å². The molecule has 0 saturated heterocycles. The summed E-state index contributed by atoms with van der Waals surface area (Å²) in [6.45, 7) is 4.65. The lowest BCUT2D eigenvalue weighted by Gasteiger charge is -2.22. The highest BCUT2D eigenvalue weighted by atomic mass is 15.0. The van der Waals surface area contributed by atoms with Crippen LogP contribution in [0.1, 0.15) is 25.0 Å². The Kier molecular flexibility index (Phi) is 6.20. The van der Waals surface area contributed by atoms with Crippen LogP contribution < -0.4 is 5.32 Å². The van der Waals surface area contributed by atoms with E-state index in [0.29, 0.717) is 0 Å². The first kappa shape index (κ1) is 27.5. The molecule has 1 heterocycles. The molecule has 0 radical (unpaired) electrons. The van der Waals surface area contributed by atoms with Gasteiger partial charge in [0, 0.05) is 33.2 Å². The normalized spacial score (nSPS) is 13.1. The van der Waals surface area contributed by atoms with Gasteiger partial charge in [0.05, 0.1) is 11.0 Å². The maximum Gasteiger partial charge on any atom is 0.0541 e. The van der Waals surface area contributed by atoms with Crippen LogP contribution in [0.2, 0.25) is 0 Å². The Labute approximate surface area is 275 Å². The third-order valence-electron chi connectivity index (χ3n) is 10.0. The molecule has 7 aromatic carbocycles. The molecule has 0 unspecified atom stereocenters. The van der Waals surface area contributed by atoms with Crippen molar-refractivity contribution in [3.05, 3.63) is 175 Å². The fraction of sp³-hybridized carbons (Fsp3) is 0.0667. The van der Waals surface area contributed by atoms with Crippen molar-refractivity contribution in [2.24, 2.45) is 0 Å². The van der Waals surface area contributed by atoms with E-state index < -0.39 is 0 Å². The molecule has 1 aromatic heterocycles. The van der Waals surface area contributed by atoms with Gasteiger partial charge >= 0.3 is 0 Å². The molecule has 1 aliphatic rings. The van der Waals surface area contributed by atoms with E-state index in [4.69, 9.17) is 0 Å². The summed E-state index contributed by atoms with van der Waals surface area (Å²) in [5.74, 6) is 0. The highest BCUT2D eigenvalue weighted by molar-refractivity contribution is 6.09. The van der Waals surface area contributed by atoms with Crippen LogP contribution in [0.15, 0.2) is 164 Å². The first-order valence-corrected chi connectivity index (χ1v) is 16.4. The maximum atomic E-state index is 3.64. The summed E-state index contributed by atoms with van der Waals surface area (Å²) in [6, 6.07) is 59.4. The molecule has 2 heteroatoms. The lowest BCUT2D eigenvalue weighted by Crippen LogP contribution is -2.15. The zero-order valence-electron chi connectivity index (χ0n) is 26.5. The fourth-order valence-electron chi connectivity index (χ4n) is 7.55. The van der Waals surface area contributed by atoms with Crippen LogP contribution >= 0.6 is 0 Å². The van der Waals surface area contributed by atoms with E-state index in [2.05, 4.69) is 188 Å². The molecule has 0 atom stereocenters. The minimum Gasteiger partial charge on any atom is -0.356 e. The van der Waals surface area contributed by atoms with Crippen LogP contribution in [-0.4, -0.2) is 4.57 Å². The van der Waals surface area contributed by atoms with Crippen LogP contribution in [0.3, 0.4) is 0 Å². The van der Waals surface area contributed by atoms with Gasteiger partial charge in [-0.25, -0.2) is 0 Å². The van der Waals surface area contributed by atoms with Gasteiger partial charge in [0.1, 0.15) is 0 Å². The Morgan fingerprint density at radius 2 is 0.894 bits per heavy atom. The Hall–Kier alpha value is -5.86. The molecule has 0 saturated carbocycles. The van der Waals surface area contributed by atoms with Crippen LogP contribution in [0.25, 0.3) is 60.9 Å². The Morgan fingerprint density at radius 3 is 1.51 bits per heavy atom. The SMILES string of the molecule is CC1(C)c2ccccc2-c2ccc(Nc3ccc(-c4ccc(-c5ccc(-n6c7ccccc7c7ccccc76)cc5)cc4)cc3)cc21. The number of anilines is 2. The molecule has 9 rings (SSSR count). The van der Waals surface area contributed by atoms with Gasteiger partial charge in [0.25, 0.3) is 0 Å². The number of nitrogens with one attached hydrogen (secondary N) is 1. The standard InChI is InChI=1S/C45H34N2/c1-45(2)41-12-6-3-9-37(41)38-28-25-35(29-42(38)45)46-34-23-19-32(20-24-34)30-15-17-31(18-16-30)33-21-26-36(27-22-33)47-43-13-7-4-10-39(43)40-11-5-8-14-44(40)47/h3-29,46H,1-2H3. The van der Waals surface area contributed by atoms with Crippen molar-refractivity contribution < 1.29 is 0 Å². The van der Waals surface area contributed by atoms with Crippen molar-refractivity contribution in [2.45, 2.75) is 19.3 Å². The summed E-state index contributed by atoms with van der Waals surface area (Å²) >= 11 is 0. The van der Waals surface area contributed by atoms with Gasteiger partial charge in [-0.3, -0.25) is 0 Å². The molecule has 1 aliphatic carbocycles. The minimum atomic E-state index is -0.00592. The summed E-state index contributed by atoms with van der Waals surface area (Å²) < 4.78 is 2.36. The van der Waals surface area contributed by atoms with Crippen molar-refractivity contribution in [2.75, 3.05) is 5.32 Å². The monoisotopic (exact) mass is 602 g/mol. The Bertz CT molecular complexity index is 2370. The zero-order valence-corrected chi connectivity index (χ0v) is 26.5. The maximum absolute atomic E-state index is 3.64. The second-order valence-electron chi connectivity index (χ2n) is 13.1. The van der Waals surface area contributed by atoms with E-state index in [-0.39, 0.29) is 5.41 Å². The number of para-hydroxylation sites is 2. The molecule has 2 nitrogen and oxygen atoms in total. The number of aromatic nitrogens is 1. The quantitative estimate of drug-likeness (QED) is 0.207. The summed E-state index contributed by atoms with van der Waals surface area (Å²) in [6.07, 6.45) is 0. The minimum absolute atomic E-state index is 0.00592.